The number of nitrogens with zero attached hydrogens (tertiary/aromatic N) is 1. The van der Waals surface area contributed by atoms with Crippen molar-refractivity contribution >= 4 is 12.0 Å². The minimum absolute atomic E-state index is 0.113. The lowest BCUT2D eigenvalue weighted by Gasteiger charge is -2.20. The number of rotatable bonds is 6. The topological polar surface area (TPSA) is 29.5 Å². The van der Waals surface area contributed by atoms with Crippen molar-refractivity contribution in [1.82, 2.24) is 0 Å². The number of anilines is 1. The summed E-state index contributed by atoms with van der Waals surface area (Å²) in [5.74, 6) is -0.480. The Bertz CT molecular complexity index is 355. The van der Waals surface area contributed by atoms with Crippen LogP contribution in [-0.4, -0.2) is 33.6 Å². The van der Waals surface area contributed by atoms with Gasteiger partial charge in [-0.3, -0.25) is 4.79 Å². The lowest BCUT2D eigenvalue weighted by Crippen LogP contribution is -2.21. The highest BCUT2D eigenvalue weighted by molar-refractivity contribution is 5.84. The Balaban J connectivity index is 2.78. The second kappa shape index (κ2) is 6.23. The molecule has 0 heterocycles. The number of hydrogen-bond acceptors (Lipinski definition) is 3. The van der Waals surface area contributed by atoms with Crippen LogP contribution in [0.25, 0.3) is 0 Å². The molecule has 0 spiro atoms. The third-order valence-electron chi connectivity index (χ3n) is 2.40. The highest BCUT2D eigenvalue weighted by Crippen LogP contribution is 2.20. The van der Waals surface area contributed by atoms with E-state index in [0.717, 1.165) is 13.0 Å². The highest BCUT2D eigenvalue weighted by atomic mass is 19.1. The first-order chi connectivity index (χ1) is 7.70. The van der Waals surface area contributed by atoms with Crippen LogP contribution in [-0.2, 0) is 4.74 Å². The summed E-state index contributed by atoms with van der Waals surface area (Å²) in [4.78, 5) is 12.6. The van der Waals surface area contributed by atoms with E-state index in [0.29, 0.717) is 18.6 Å². The average Bonchev–Trinajstić information content (AvgIpc) is 2.29. The highest BCUT2D eigenvalue weighted by Gasteiger charge is 2.10. The van der Waals surface area contributed by atoms with E-state index in [9.17, 15) is 9.18 Å². The number of carbonyl (C=O) groups is 1. The maximum absolute atomic E-state index is 13.3. The van der Waals surface area contributed by atoms with E-state index in [1.54, 1.807) is 19.2 Å². The van der Waals surface area contributed by atoms with Gasteiger partial charge in [-0.2, -0.15) is 0 Å². The number of carbonyl (C=O) groups excluding carboxylic acids is 1. The van der Waals surface area contributed by atoms with Gasteiger partial charge >= 0.3 is 0 Å². The maximum atomic E-state index is 13.3. The van der Waals surface area contributed by atoms with Gasteiger partial charge in [0.15, 0.2) is 6.29 Å². The molecule has 0 aliphatic heterocycles. The summed E-state index contributed by atoms with van der Waals surface area (Å²) in [5.41, 5.74) is 0.730. The molecule has 0 saturated heterocycles. The van der Waals surface area contributed by atoms with Crippen molar-refractivity contribution in [2.75, 3.05) is 32.2 Å². The fraction of sp³-hybridized carbons (Fsp3) is 0.417. The van der Waals surface area contributed by atoms with Crippen LogP contribution >= 0.6 is 0 Å². The molecule has 1 aromatic rings. The number of methoxy groups -OCH3 is 1. The van der Waals surface area contributed by atoms with Gasteiger partial charge in [-0.1, -0.05) is 6.07 Å². The van der Waals surface area contributed by atoms with Crippen LogP contribution in [0.1, 0.15) is 16.8 Å². The normalized spacial score (nSPS) is 10.2. The molecule has 0 N–H and O–H groups in total. The lowest BCUT2D eigenvalue weighted by atomic mass is 10.1. The van der Waals surface area contributed by atoms with Crippen molar-refractivity contribution in [1.29, 1.82) is 0 Å². The number of ether oxygens (including phenoxy) is 1. The Hall–Kier alpha value is -1.42. The van der Waals surface area contributed by atoms with Gasteiger partial charge in [0, 0.05) is 33.0 Å². The summed E-state index contributed by atoms with van der Waals surface area (Å²) in [6.07, 6.45) is 1.39. The Morgan fingerprint density at radius 1 is 1.50 bits per heavy atom. The molecular weight excluding hydrogens is 209 g/mol. The summed E-state index contributed by atoms with van der Waals surface area (Å²) in [6.45, 7) is 1.37. The van der Waals surface area contributed by atoms with Gasteiger partial charge in [-0.05, 0) is 18.6 Å². The van der Waals surface area contributed by atoms with Crippen molar-refractivity contribution in [3.05, 3.63) is 29.6 Å². The second-order valence-electron chi connectivity index (χ2n) is 3.56. The van der Waals surface area contributed by atoms with Gasteiger partial charge in [0.05, 0.1) is 5.56 Å². The number of hydrogen-bond donors (Lipinski definition) is 0. The molecule has 0 unspecified atom stereocenters. The van der Waals surface area contributed by atoms with E-state index in [-0.39, 0.29) is 5.56 Å². The van der Waals surface area contributed by atoms with Crippen molar-refractivity contribution in [3.8, 4) is 0 Å². The van der Waals surface area contributed by atoms with Crippen molar-refractivity contribution in [2.24, 2.45) is 0 Å². The van der Waals surface area contributed by atoms with E-state index >= 15 is 0 Å². The summed E-state index contributed by atoms with van der Waals surface area (Å²) in [6, 6.07) is 4.63. The first-order valence-electron chi connectivity index (χ1n) is 5.14. The summed E-state index contributed by atoms with van der Waals surface area (Å²) in [5, 5.41) is 0. The largest absolute Gasteiger partial charge is 0.385 e. The predicted molar refractivity (Wildman–Crippen MR) is 61.6 cm³/mol. The molecule has 0 aromatic heterocycles. The van der Waals surface area contributed by atoms with Gasteiger partial charge in [-0.25, -0.2) is 4.39 Å². The van der Waals surface area contributed by atoms with Crippen molar-refractivity contribution in [2.45, 2.75) is 6.42 Å². The SMILES string of the molecule is COCCCN(C)c1cccc(F)c1C=O. The van der Waals surface area contributed by atoms with Gasteiger partial charge in [0.1, 0.15) is 5.82 Å². The molecule has 1 rings (SSSR count). The van der Waals surface area contributed by atoms with Gasteiger partial charge in [0.25, 0.3) is 0 Å². The molecule has 88 valence electrons. The van der Waals surface area contributed by atoms with E-state index in [1.165, 1.54) is 6.07 Å². The van der Waals surface area contributed by atoms with E-state index in [2.05, 4.69) is 0 Å². The van der Waals surface area contributed by atoms with Crippen LogP contribution < -0.4 is 4.90 Å². The Morgan fingerprint density at radius 2 is 2.25 bits per heavy atom. The monoisotopic (exact) mass is 225 g/mol. The van der Waals surface area contributed by atoms with Crippen LogP contribution in [0.15, 0.2) is 18.2 Å². The van der Waals surface area contributed by atoms with Crippen LogP contribution in [0.3, 0.4) is 0 Å². The molecule has 0 fully saturated rings. The van der Waals surface area contributed by atoms with Crippen LogP contribution in [0.5, 0.6) is 0 Å². The van der Waals surface area contributed by atoms with E-state index in [4.69, 9.17) is 4.74 Å². The average molecular weight is 225 g/mol. The number of aldehydes is 1. The Morgan fingerprint density at radius 3 is 2.88 bits per heavy atom. The zero-order valence-electron chi connectivity index (χ0n) is 9.57. The van der Waals surface area contributed by atoms with Gasteiger partial charge in [0.2, 0.25) is 0 Å². The molecule has 0 bridgehead atoms. The van der Waals surface area contributed by atoms with Crippen molar-refractivity contribution < 1.29 is 13.9 Å². The molecule has 0 aliphatic carbocycles. The summed E-state index contributed by atoms with van der Waals surface area (Å²) < 4.78 is 18.3. The zero-order valence-corrected chi connectivity index (χ0v) is 9.57. The Kier molecular flexibility index (Phi) is 4.92. The molecule has 3 nitrogen and oxygen atoms in total. The minimum atomic E-state index is -0.480. The maximum Gasteiger partial charge on any atom is 0.155 e. The molecule has 4 heteroatoms. The molecular formula is C12H16FNO2. The molecule has 0 saturated carbocycles. The number of benzene rings is 1. The fourth-order valence-corrected chi connectivity index (χ4v) is 1.54. The molecule has 0 radical (unpaired) electrons. The molecule has 0 amide bonds. The summed E-state index contributed by atoms with van der Waals surface area (Å²) >= 11 is 0. The van der Waals surface area contributed by atoms with E-state index < -0.39 is 5.82 Å². The van der Waals surface area contributed by atoms with Crippen LogP contribution in [0.2, 0.25) is 0 Å². The third kappa shape index (κ3) is 3.03. The van der Waals surface area contributed by atoms with E-state index in [1.807, 2.05) is 11.9 Å². The zero-order chi connectivity index (χ0) is 12.0. The molecule has 16 heavy (non-hydrogen) atoms. The van der Waals surface area contributed by atoms with Crippen molar-refractivity contribution in [3.63, 3.8) is 0 Å². The molecule has 1 aromatic carbocycles. The quantitative estimate of drug-likeness (QED) is 0.548. The summed E-state index contributed by atoms with van der Waals surface area (Å²) in [7, 11) is 3.47. The van der Waals surface area contributed by atoms with Gasteiger partial charge < -0.3 is 9.64 Å². The number of halogens is 1. The predicted octanol–water partition coefficient (Wildman–Crippen LogP) is 2.11. The van der Waals surface area contributed by atoms with Crippen LogP contribution in [0.4, 0.5) is 10.1 Å². The van der Waals surface area contributed by atoms with Crippen LogP contribution in [0, 0.1) is 5.82 Å². The lowest BCUT2D eigenvalue weighted by molar-refractivity contribution is 0.112. The van der Waals surface area contributed by atoms with Gasteiger partial charge in [-0.15, -0.1) is 0 Å². The molecule has 0 atom stereocenters. The smallest absolute Gasteiger partial charge is 0.155 e. The minimum Gasteiger partial charge on any atom is -0.385 e. The standard InChI is InChI=1S/C12H16FNO2/c1-14(7-4-8-16-2)12-6-3-5-11(13)10(12)9-15/h3,5-6,9H,4,7-8H2,1-2H3. The second-order valence-corrected chi connectivity index (χ2v) is 3.56. The first kappa shape index (κ1) is 12.6. The molecule has 0 aliphatic rings. The third-order valence-corrected chi connectivity index (χ3v) is 2.40. The first-order valence-corrected chi connectivity index (χ1v) is 5.14. The fourth-order valence-electron chi connectivity index (χ4n) is 1.54. The Labute approximate surface area is 94.8 Å².